The zero-order chi connectivity index (χ0) is 14.0. The van der Waals surface area contributed by atoms with Crippen molar-refractivity contribution in [2.75, 3.05) is 0 Å². The Labute approximate surface area is 111 Å². The molecule has 1 aromatic rings. The van der Waals surface area contributed by atoms with E-state index in [0.29, 0.717) is 17.8 Å². The maximum absolute atomic E-state index is 12.0. The molecule has 1 aromatic heterocycles. The fourth-order valence-electron chi connectivity index (χ4n) is 2.29. The van der Waals surface area contributed by atoms with Crippen molar-refractivity contribution in [1.82, 2.24) is 15.3 Å². The van der Waals surface area contributed by atoms with E-state index in [4.69, 9.17) is 0 Å². The molecule has 1 heterocycles. The van der Waals surface area contributed by atoms with E-state index >= 15 is 0 Å². The Balaban J connectivity index is 2.16. The summed E-state index contributed by atoms with van der Waals surface area (Å²) in [5.74, 6) is -0.518. The van der Waals surface area contributed by atoms with Crippen molar-refractivity contribution < 1.29 is 9.90 Å². The van der Waals surface area contributed by atoms with Gasteiger partial charge in [0.2, 0.25) is 0 Å². The van der Waals surface area contributed by atoms with E-state index < -0.39 is 17.6 Å². The maximum atomic E-state index is 12.0. The molecule has 1 amide bonds. The third kappa shape index (κ3) is 3.01. The highest BCUT2D eigenvalue weighted by atomic mass is 16.3. The van der Waals surface area contributed by atoms with Gasteiger partial charge in [0.05, 0.1) is 17.8 Å². The summed E-state index contributed by atoms with van der Waals surface area (Å²) in [6.07, 6.45) is 2.81. The van der Waals surface area contributed by atoms with Crippen LogP contribution in [0.5, 0.6) is 0 Å². The quantitative estimate of drug-likeness (QED) is 0.722. The minimum Gasteiger partial charge on any atom is -0.391 e. The lowest BCUT2D eigenvalue weighted by molar-refractivity contribution is 0.0712. The second-order valence-electron chi connectivity index (χ2n) is 5.06. The highest BCUT2D eigenvalue weighted by Gasteiger charge is 2.26. The van der Waals surface area contributed by atoms with Gasteiger partial charge in [0.15, 0.2) is 5.69 Å². The Hall–Kier alpha value is -1.69. The number of H-pyrrole nitrogens is 1. The van der Waals surface area contributed by atoms with E-state index in [9.17, 15) is 14.7 Å². The summed E-state index contributed by atoms with van der Waals surface area (Å²) in [4.78, 5) is 30.4. The normalized spacial score (nSPS) is 23.1. The molecule has 0 spiro atoms. The Morgan fingerprint density at radius 3 is 2.74 bits per heavy atom. The van der Waals surface area contributed by atoms with Gasteiger partial charge >= 0.3 is 0 Å². The van der Waals surface area contributed by atoms with Crippen LogP contribution >= 0.6 is 0 Å². The van der Waals surface area contributed by atoms with Crippen LogP contribution in [0.25, 0.3) is 0 Å². The van der Waals surface area contributed by atoms with Crippen LogP contribution in [0.3, 0.4) is 0 Å². The summed E-state index contributed by atoms with van der Waals surface area (Å²) in [7, 11) is 0. The van der Waals surface area contributed by atoms with Gasteiger partial charge < -0.3 is 15.4 Å². The standard InChI is InChI=1S/C13H19N3O3/c1-7-8(2)15-12(18)11(14-7)13(19)16-9-5-3-4-6-10(9)17/h9-10,17H,3-6H2,1-2H3,(H,15,18)(H,16,19). The van der Waals surface area contributed by atoms with E-state index in [-0.39, 0.29) is 11.7 Å². The summed E-state index contributed by atoms with van der Waals surface area (Å²) in [5.41, 5.74) is 0.639. The van der Waals surface area contributed by atoms with Crippen molar-refractivity contribution in [2.24, 2.45) is 0 Å². The minimum atomic E-state index is -0.539. The summed E-state index contributed by atoms with van der Waals surface area (Å²) >= 11 is 0. The number of amides is 1. The number of hydrogen-bond acceptors (Lipinski definition) is 4. The summed E-state index contributed by atoms with van der Waals surface area (Å²) in [5, 5.41) is 12.5. The molecule has 3 N–H and O–H groups in total. The topological polar surface area (TPSA) is 95.1 Å². The number of aryl methyl sites for hydroxylation is 2. The Morgan fingerprint density at radius 2 is 2.05 bits per heavy atom. The number of rotatable bonds is 2. The third-order valence-corrected chi connectivity index (χ3v) is 3.60. The Kier molecular flexibility index (Phi) is 3.99. The predicted molar refractivity (Wildman–Crippen MR) is 70.1 cm³/mol. The smallest absolute Gasteiger partial charge is 0.279 e. The van der Waals surface area contributed by atoms with Crippen LogP contribution in [-0.2, 0) is 0 Å². The predicted octanol–water partition coefficient (Wildman–Crippen LogP) is 0.420. The highest BCUT2D eigenvalue weighted by molar-refractivity contribution is 5.92. The van der Waals surface area contributed by atoms with Crippen LogP contribution in [0.4, 0.5) is 0 Å². The first kappa shape index (κ1) is 13.7. The zero-order valence-electron chi connectivity index (χ0n) is 11.2. The number of aliphatic hydroxyl groups excluding tert-OH is 1. The molecule has 1 aliphatic rings. The third-order valence-electron chi connectivity index (χ3n) is 3.60. The summed E-state index contributed by atoms with van der Waals surface area (Å²) in [6.45, 7) is 3.47. The molecule has 0 radical (unpaired) electrons. The number of nitrogens with zero attached hydrogens (tertiary/aromatic N) is 1. The van der Waals surface area contributed by atoms with Crippen LogP contribution in [0.15, 0.2) is 4.79 Å². The molecular formula is C13H19N3O3. The summed E-state index contributed by atoms with van der Waals surface area (Å²) < 4.78 is 0. The molecule has 2 unspecified atom stereocenters. The SMILES string of the molecule is Cc1nc(C(=O)NC2CCCCC2O)c(=O)[nH]c1C. The number of hydrogen-bond donors (Lipinski definition) is 3. The molecule has 1 aliphatic carbocycles. The molecule has 2 atom stereocenters. The van der Waals surface area contributed by atoms with Crippen LogP contribution < -0.4 is 10.9 Å². The maximum Gasteiger partial charge on any atom is 0.279 e. The molecule has 6 heteroatoms. The second-order valence-corrected chi connectivity index (χ2v) is 5.06. The lowest BCUT2D eigenvalue weighted by Gasteiger charge is -2.28. The molecule has 19 heavy (non-hydrogen) atoms. The van der Waals surface area contributed by atoms with Crippen LogP contribution in [0, 0.1) is 13.8 Å². The number of carbonyl (C=O) groups is 1. The van der Waals surface area contributed by atoms with Crippen molar-refractivity contribution in [3.63, 3.8) is 0 Å². The van der Waals surface area contributed by atoms with Gasteiger partial charge in [0, 0.05) is 5.69 Å². The average molecular weight is 265 g/mol. The number of nitrogens with one attached hydrogen (secondary N) is 2. The molecule has 0 bridgehead atoms. The van der Waals surface area contributed by atoms with Crippen molar-refractivity contribution in [3.05, 3.63) is 27.4 Å². The van der Waals surface area contributed by atoms with E-state index in [1.165, 1.54) is 0 Å². The fraction of sp³-hybridized carbons (Fsp3) is 0.615. The molecule has 0 aliphatic heterocycles. The average Bonchev–Trinajstić information content (AvgIpc) is 2.36. The fourth-order valence-corrected chi connectivity index (χ4v) is 2.29. The van der Waals surface area contributed by atoms with Gasteiger partial charge in [-0.05, 0) is 26.7 Å². The highest BCUT2D eigenvalue weighted by Crippen LogP contribution is 2.18. The first-order valence-electron chi connectivity index (χ1n) is 6.55. The van der Waals surface area contributed by atoms with Gasteiger partial charge in [-0.15, -0.1) is 0 Å². The largest absolute Gasteiger partial charge is 0.391 e. The Bertz CT molecular complexity index is 538. The van der Waals surface area contributed by atoms with Crippen molar-refractivity contribution >= 4 is 5.91 Å². The molecule has 104 valence electrons. The van der Waals surface area contributed by atoms with Crippen molar-refractivity contribution in [1.29, 1.82) is 0 Å². The van der Waals surface area contributed by atoms with Gasteiger partial charge in [-0.3, -0.25) is 9.59 Å². The zero-order valence-corrected chi connectivity index (χ0v) is 11.2. The van der Waals surface area contributed by atoms with Gasteiger partial charge in [-0.1, -0.05) is 12.8 Å². The molecule has 2 rings (SSSR count). The van der Waals surface area contributed by atoms with Crippen LogP contribution in [0.1, 0.15) is 47.6 Å². The van der Waals surface area contributed by atoms with E-state index in [0.717, 1.165) is 19.3 Å². The van der Waals surface area contributed by atoms with E-state index in [1.807, 2.05) is 0 Å². The summed E-state index contributed by atoms with van der Waals surface area (Å²) in [6, 6.07) is -0.288. The first-order valence-corrected chi connectivity index (χ1v) is 6.55. The van der Waals surface area contributed by atoms with Crippen LogP contribution in [0.2, 0.25) is 0 Å². The lowest BCUT2D eigenvalue weighted by Crippen LogP contribution is -2.46. The molecule has 0 saturated heterocycles. The van der Waals surface area contributed by atoms with E-state index in [1.54, 1.807) is 13.8 Å². The molecular weight excluding hydrogens is 246 g/mol. The molecule has 1 fully saturated rings. The molecule has 0 aromatic carbocycles. The van der Waals surface area contributed by atoms with E-state index in [2.05, 4.69) is 15.3 Å². The number of aliphatic hydroxyl groups is 1. The second kappa shape index (κ2) is 5.52. The lowest BCUT2D eigenvalue weighted by atomic mass is 9.92. The van der Waals surface area contributed by atoms with Crippen molar-refractivity contribution in [2.45, 2.75) is 51.7 Å². The number of carbonyl (C=O) groups excluding carboxylic acids is 1. The first-order chi connectivity index (χ1) is 8.99. The monoisotopic (exact) mass is 265 g/mol. The number of aromatic nitrogens is 2. The van der Waals surface area contributed by atoms with Crippen molar-refractivity contribution in [3.8, 4) is 0 Å². The van der Waals surface area contributed by atoms with Gasteiger partial charge in [-0.25, -0.2) is 4.98 Å². The van der Waals surface area contributed by atoms with Gasteiger partial charge in [0.1, 0.15) is 0 Å². The van der Waals surface area contributed by atoms with Gasteiger partial charge in [0.25, 0.3) is 11.5 Å². The number of aromatic amines is 1. The van der Waals surface area contributed by atoms with Crippen LogP contribution in [-0.4, -0.2) is 33.1 Å². The van der Waals surface area contributed by atoms with Gasteiger partial charge in [-0.2, -0.15) is 0 Å². The molecule has 1 saturated carbocycles. The Morgan fingerprint density at radius 1 is 1.37 bits per heavy atom. The minimum absolute atomic E-state index is 0.138. The molecule has 6 nitrogen and oxygen atoms in total.